The number of pyridine rings is 1. The zero-order valence-corrected chi connectivity index (χ0v) is 13.1. The molecule has 0 bridgehead atoms. The van der Waals surface area contributed by atoms with Gasteiger partial charge in [-0.1, -0.05) is 23.2 Å². The minimum Gasteiger partial charge on any atom is -0.377 e. The lowest BCUT2D eigenvalue weighted by atomic mass is 10.1. The van der Waals surface area contributed by atoms with Crippen molar-refractivity contribution in [2.75, 3.05) is 5.32 Å². The number of nitrogens with zero attached hydrogens (tertiary/aromatic N) is 1. The zero-order valence-electron chi connectivity index (χ0n) is 10.7. The maximum Gasteiger partial charge on any atom is 0.0932 e. The third-order valence-electron chi connectivity index (χ3n) is 3.11. The highest BCUT2D eigenvalue weighted by molar-refractivity contribution is 7.16. The van der Waals surface area contributed by atoms with E-state index < -0.39 is 0 Å². The molecule has 3 rings (SSSR count). The fraction of sp³-hybridized carbons (Fsp3) is 0.133. The maximum absolute atomic E-state index is 6.18. The Morgan fingerprint density at radius 2 is 2.00 bits per heavy atom. The van der Waals surface area contributed by atoms with Crippen LogP contribution in [0.3, 0.4) is 0 Å². The summed E-state index contributed by atoms with van der Waals surface area (Å²) in [7, 11) is 0. The normalized spacial score (nSPS) is 12.6. The molecule has 0 radical (unpaired) electrons. The summed E-state index contributed by atoms with van der Waals surface area (Å²) in [6.07, 6.45) is 1.75. The molecule has 0 aliphatic rings. The van der Waals surface area contributed by atoms with Gasteiger partial charge >= 0.3 is 0 Å². The Hall–Kier alpha value is -1.29. The number of fused-ring (bicyclic) bond motifs is 1. The molecule has 1 aromatic carbocycles. The predicted octanol–water partition coefficient (Wildman–Crippen LogP) is 5.78. The first kappa shape index (κ1) is 13.7. The molecule has 1 atom stereocenters. The first-order valence-electron chi connectivity index (χ1n) is 6.20. The van der Waals surface area contributed by atoms with Gasteiger partial charge in [0.1, 0.15) is 0 Å². The van der Waals surface area contributed by atoms with Crippen LogP contribution in [0.25, 0.3) is 10.9 Å². The lowest BCUT2D eigenvalue weighted by Crippen LogP contribution is -2.05. The first-order valence-corrected chi connectivity index (χ1v) is 7.77. The van der Waals surface area contributed by atoms with Gasteiger partial charge in [-0.2, -0.15) is 0 Å². The molecule has 0 amide bonds. The number of thiophene rings is 1. The van der Waals surface area contributed by atoms with Gasteiger partial charge in [0.25, 0.3) is 0 Å². The molecule has 0 aliphatic carbocycles. The monoisotopic (exact) mass is 322 g/mol. The highest BCUT2D eigenvalue weighted by atomic mass is 35.5. The Balaban J connectivity index is 1.97. The van der Waals surface area contributed by atoms with Crippen molar-refractivity contribution < 1.29 is 0 Å². The molecule has 5 heteroatoms. The fourth-order valence-corrected chi connectivity index (χ4v) is 3.41. The van der Waals surface area contributed by atoms with Crippen molar-refractivity contribution in [3.63, 3.8) is 0 Å². The highest BCUT2D eigenvalue weighted by Crippen LogP contribution is 2.33. The largest absolute Gasteiger partial charge is 0.377 e. The van der Waals surface area contributed by atoms with Gasteiger partial charge in [-0.15, -0.1) is 11.3 Å². The number of halogens is 2. The smallest absolute Gasteiger partial charge is 0.0932 e. The van der Waals surface area contributed by atoms with Crippen LogP contribution in [0, 0.1) is 0 Å². The molecule has 2 heterocycles. The van der Waals surface area contributed by atoms with Gasteiger partial charge in [-0.3, -0.25) is 4.98 Å². The van der Waals surface area contributed by atoms with Crippen LogP contribution >= 0.6 is 34.5 Å². The summed E-state index contributed by atoms with van der Waals surface area (Å²) in [5.41, 5.74) is 1.84. The summed E-state index contributed by atoms with van der Waals surface area (Å²) in [6, 6.07) is 11.9. The lowest BCUT2D eigenvalue weighted by Gasteiger charge is -2.16. The molecule has 0 spiro atoms. The van der Waals surface area contributed by atoms with E-state index in [1.807, 2.05) is 36.4 Å². The van der Waals surface area contributed by atoms with Crippen LogP contribution in [0.15, 0.2) is 42.6 Å². The molecule has 3 aromatic rings. The number of hydrogen-bond donors (Lipinski definition) is 1. The standard InChI is InChI=1S/C15H12Cl2N2S/c1-9(13-6-7-14(17)20-13)19-12-5-4-11(16)15-10(12)3-2-8-18-15/h2-9,19H,1H3. The van der Waals surface area contributed by atoms with E-state index >= 15 is 0 Å². The number of anilines is 1. The van der Waals surface area contributed by atoms with Crippen molar-refractivity contribution in [3.05, 3.63) is 56.8 Å². The van der Waals surface area contributed by atoms with Crippen LogP contribution in [0.4, 0.5) is 5.69 Å². The van der Waals surface area contributed by atoms with Crippen molar-refractivity contribution >= 4 is 51.1 Å². The van der Waals surface area contributed by atoms with Crippen molar-refractivity contribution in [2.24, 2.45) is 0 Å². The minimum atomic E-state index is 0.178. The molecule has 2 aromatic heterocycles. The van der Waals surface area contributed by atoms with E-state index in [-0.39, 0.29) is 6.04 Å². The molecule has 0 saturated carbocycles. The molecule has 102 valence electrons. The Labute approximate surface area is 131 Å². The number of hydrogen-bond acceptors (Lipinski definition) is 3. The third-order valence-corrected chi connectivity index (χ3v) is 4.83. The van der Waals surface area contributed by atoms with Crippen LogP contribution in [-0.4, -0.2) is 4.98 Å². The molecule has 0 fully saturated rings. The first-order chi connectivity index (χ1) is 9.65. The number of benzene rings is 1. The van der Waals surface area contributed by atoms with Crippen molar-refractivity contribution in [3.8, 4) is 0 Å². The van der Waals surface area contributed by atoms with Crippen LogP contribution in [-0.2, 0) is 0 Å². The molecule has 0 saturated heterocycles. The van der Waals surface area contributed by atoms with Crippen LogP contribution in [0.5, 0.6) is 0 Å². The third kappa shape index (κ3) is 2.62. The van der Waals surface area contributed by atoms with Gasteiger partial charge in [0.2, 0.25) is 0 Å². The molecule has 0 aliphatic heterocycles. The molecular formula is C15H12Cl2N2S. The van der Waals surface area contributed by atoms with Gasteiger partial charge in [-0.25, -0.2) is 0 Å². The van der Waals surface area contributed by atoms with E-state index in [0.29, 0.717) is 5.02 Å². The van der Waals surface area contributed by atoms with Crippen LogP contribution in [0.1, 0.15) is 17.8 Å². The van der Waals surface area contributed by atoms with E-state index in [1.54, 1.807) is 17.5 Å². The average Bonchev–Trinajstić information content (AvgIpc) is 2.89. The lowest BCUT2D eigenvalue weighted by molar-refractivity contribution is 0.910. The molecule has 20 heavy (non-hydrogen) atoms. The second-order valence-corrected chi connectivity index (χ2v) is 6.66. The quantitative estimate of drug-likeness (QED) is 0.661. The molecule has 1 N–H and O–H groups in total. The summed E-state index contributed by atoms with van der Waals surface area (Å²) in [5.74, 6) is 0. The Kier molecular flexibility index (Phi) is 3.83. The van der Waals surface area contributed by atoms with Gasteiger partial charge in [-0.05, 0) is 43.3 Å². The number of rotatable bonds is 3. The summed E-state index contributed by atoms with van der Waals surface area (Å²) in [5, 5.41) is 5.18. The number of nitrogens with one attached hydrogen (secondary N) is 1. The summed E-state index contributed by atoms with van der Waals surface area (Å²) in [4.78, 5) is 5.53. The Morgan fingerprint density at radius 1 is 1.15 bits per heavy atom. The van der Waals surface area contributed by atoms with E-state index in [2.05, 4.69) is 17.2 Å². The van der Waals surface area contributed by atoms with Gasteiger partial charge in [0.05, 0.1) is 20.9 Å². The summed E-state index contributed by atoms with van der Waals surface area (Å²) in [6.45, 7) is 2.11. The molecule has 1 unspecified atom stereocenters. The van der Waals surface area contributed by atoms with Crippen LogP contribution in [0.2, 0.25) is 9.36 Å². The van der Waals surface area contributed by atoms with Gasteiger partial charge in [0.15, 0.2) is 0 Å². The number of aromatic nitrogens is 1. The Morgan fingerprint density at radius 3 is 2.75 bits per heavy atom. The van der Waals surface area contributed by atoms with E-state index in [0.717, 1.165) is 20.9 Å². The van der Waals surface area contributed by atoms with Crippen molar-refractivity contribution in [1.82, 2.24) is 4.98 Å². The predicted molar refractivity (Wildman–Crippen MR) is 88.1 cm³/mol. The summed E-state index contributed by atoms with van der Waals surface area (Å²) >= 11 is 13.8. The topological polar surface area (TPSA) is 24.9 Å². The molecule has 2 nitrogen and oxygen atoms in total. The van der Waals surface area contributed by atoms with E-state index in [4.69, 9.17) is 23.2 Å². The second kappa shape index (κ2) is 5.60. The van der Waals surface area contributed by atoms with E-state index in [9.17, 15) is 0 Å². The molecular weight excluding hydrogens is 311 g/mol. The maximum atomic E-state index is 6.18. The SMILES string of the molecule is CC(Nc1ccc(Cl)c2ncccc12)c1ccc(Cl)s1. The average molecular weight is 323 g/mol. The zero-order chi connectivity index (χ0) is 14.1. The van der Waals surface area contributed by atoms with Crippen molar-refractivity contribution in [1.29, 1.82) is 0 Å². The van der Waals surface area contributed by atoms with Gasteiger partial charge < -0.3 is 5.32 Å². The van der Waals surface area contributed by atoms with Crippen molar-refractivity contribution in [2.45, 2.75) is 13.0 Å². The van der Waals surface area contributed by atoms with Gasteiger partial charge in [0, 0.05) is 22.1 Å². The van der Waals surface area contributed by atoms with E-state index in [1.165, 1.54) is 4.88 Å². The fourth-order valence-electron chi connectivity index (χ4n) is 2.13. The van der Waals surface area contributed by atoms with Crippen LogP contribution < -0.4 is 5.32 Å². The second-order valence-electron chi connectivity index (χ2n) is 4.50. The Bertz CT molecular complexity index is 754. The summed E-state index contributed by atoms with van der Waals surface area (Å²) < 4.78 is 0.802. The minimum absolute atomic E-state index is 0.178. The highest BCUT2D eigenvalue weighted by Gasteiger charge is 2.11.